The van der Waals surface area contributed by atoms with Crippen molar-refractivity contribution in [2.75, 3.05) is 6.54 Å². The highest BCUT2D eigenvalue weighted by Crippen LogP contribution is 2.25. The molecule has 3 atom stereocenters. The maximum Gasteiger partial charge on any atom is 0.326 e. The SMILES string of the molecule is O=C(O)[C@@H]1Cc2ccccc2CN1C(=O)C1CC(O)CN1. The molecule has 6 heteroatoms. The molecular formula is C15H18N2O4. The van der Waals surface area contributed by atoms with Crippen LogP contribution in [-0.4, -0.2) is 51.7 Å². The van der Waals surface area contributed by atoms with Crippen LogP contribution < -0.4 is 5.32 Å². The first-order valence-corrected chi connectivity index (χ1v) is 7.08. The molecule has 0 aromatic heterocycles. The summed E-state index contributed by atoms with van der Waals surface area (Å²) in [6.07, 6.45) is 0.120. The average Bonchev–Trinajstić information content (AvgIpc) is 2.91. The van der Waals surface area contributed by atoms with E-state index in [2.05, 4.69) is 5.32 Å². The van der Waals surface area contributed by atoms with Gasteiger partial charge < -0.3 is 20.4 Å². The van der Waals surface area contributed by atoms with Crippen molar-refractivity contribution in [3.63, 3.8) is 0 Å². The molecular weight excluding hydrogens is 272 g/mol. The number of carboxylic acid groups (broad SMARTS) is 1. The number of fused-ring (bicyclic) bond motifs is 1. The van der Waals surface area contributed by atoms with Gasteiger partial charge in [0.15, 0.2) is 0 Å². The number of carboxylic acids is 1. The van der Waals surface area contributed by atoms with Gasteiger partial charge in [-0.15, -0.1) is 0 Å². The first-order chi connectivity index (χ1) is 10.1. The Morgan fingerprint density at radius 3 is 2.57 bits per heavy atom. The fourth-order valence-corrected chi connectivity index (χ4v) is 3.08. The van der Waals surface area contributed by atoms with Crippen molar-refractivity contribution in [2.24, 2.45) is 0 Å². The van der Waals surface area contributed by atoms with Crippen molar-refractivity contribution in [2.45, 2.75) is 37.6 Å². The van der Waals surface area contributed by atoms with E-state index in [1.165, 1.54) is 4.90 Å². The van der Waals surface area contributed by atoms with Crippen molar-refractivity contribution in [1.82, 2.24) is 10.2 Å². The van der Waals surface area contributed by atoms with Crippen LogP contribution in [0, 0.1) is 0 Å². The van der Waals surface area contributed by atoms with E-state index in [9.17, 15) is 19.8 Å². The van der Waals surface area contributed by atoms with Crippen LogP contribution in [0.25, 0.3) is 0 Å². The van der Waals surface area contributed by atoms with Crippen molar-refractivity contribution in [1.29, 1.82) is 0 Å². The number of nitrogens with zero attached hydrogens (tertiary/aromatic N) is 1. The van der Waals surface area contributed by atoms with Gasteiger partial charge in [0.2, 0.25) is 5.91 Å². The van der Waals surface area contributed by atoms with E-state index in [-0.39, 0.29) is 5.91 Å². The van der Waals surface area contributed by atoms with Crippen LogP contribution in [0.1, 0.15) is 17.5 Å². The molecule has 1 aromatic rings. The molecule has 3 rings (SSSR count). The minimum absolute atomic E-state index is 0.242. The van der Waals surface area contributed by atoms with E-state index >= 15 is 0 Å². The second-order valence-corrected chi connectivity index (χ2v) is 5.64. The number of hydrogen-bond donors (Lipinski definition) is 3. The van der Waals surface area contributed by atoms with Gasteiger partial charge in [0.25, 0.3) is 0 Å². The molecule has 1 aromatic carbocycles. The Morgan fingerprint density at radius 1 is 1.24 bits per heavy atom. The second-order valence-electron chi connectivity index (χ2n) is 5.64. The number of amides is 1. The third-order valence-corrected chi connectivity index (χ3v) is 4.22. The van der Waals surface area contributed by atoms with Gasteiger partial charge in [-0.25, -0.2) is 4.79 Å². The summed E-state index contributed by atoms with van der Waals surface area (Å²) in [6, 6.07) is 6.26. The topological polar surface area (TPSA) is 89.9 Å². The maximum atomic E-state index is 12.6. The Balaban J connectivity index is 1.85. The minimum atomic E-state index is -0.989. The summed E-state index contributed by atoms with van der Waals surface area (Å²) in [5, 5.41) is 21.9. The molecule has 6 nitrogen and oxygen atoms in total. The van der Waals surface area contributed by atoms with Crippen molar-refractivity contribution >= 4 is 11.9 Å². The summed E-state index contributed by atoms with van der Waals surface area (Å²) in [5.74, 6) is -1.23. The van der Waals surface area contributed by atoms with Gasteiger partial charge in [0.05, 0.1) is 12.1 Å². The number of nitrogens with one attached hydrogen (secondary N) is 1. The van der Waals surface area contributed by atoms with Gasteiger partial charge in [-0.3, -0.25) is 4.79 Å². The molecule has 1 amide bonds. The summed E-state index contributed by atoms with van der Waals surface area (Å²) in [4.78, 5) is 25.5. The molecule has 0 bridgehead atoms. The van der Waals surface area contributed by atoms with Gasteiger partial charge in [0.1, 0.15) is 6.04 Å². The van der Waals surface area contributed by atoms with E-state index in [0.717, 1.165) is 11.1 Å². The molecule has 21 heavy (non-hydrogen) atoms. The zero-order valence-electron chi connectivity index (χ0n) is 11.5. The Bertz CT molecular complexity index is 575. The molecule has 3 N–H and O–H groups in total. The summed E-state index contributed by atoms with van der Waals surface area (Å²) in [7, 11) is 0. The molecule has 0 radical (unpaired) electrons. The molecule has 2 heterocycles. The van der Waals surface area contributed by atoms with Gasteiger partial charge in [-0.2, -0.15) is 0 Å². The predicted molar refractivity (Wildman–Crippen MR) is 74.5 cm³/mol. The first kappa shape index (κ1) is 14.0. The number of β-amino-alcohol motifs (C(OH)–C–C–N with tert-alkyl or cyclic N) is 1. The third kappa shape index (κ3) is 2.64. The molecule has 2 aliphatic rings. The summed E-state index contributed by atoms with van der Waals surface area (Å²) in [6.45, 7) is 0.679. The fourth-order valence-electron chi connectivity index (χ4n) is 3.08. The molecule has 2 aliphatic heterocycles. The van der Waals surface area contributed by atoms with Crippen molar-refractivity contribution in [3.05, 3.63) is 35.4 Å². The summed E-state index contributed by atoms with van der Waals surface area (Å²) < 4.78 is 0. The molecule has 112 valence electrons. The van der Waals surface area contributed by atoms with E-state index in [1.807, 2.05) is 24.3 Å². The van der Waals surface area contributed by atoms with Crippen LogP contribution in [-0.2, 0) is 22.6 Å². The Labute approximate surface area is 122 Å². The third-order valence-electron chi connectivity index (χ3n) is 4.22. The van der Waals surface area contributed by atoms with Crippen molar-refractivity contribution < 1.29 is 19.8 Å². The van der Waals surface area contributed by atoms with Crippen LogP contribution >= 0.6 is 0 Å². The smallest absolute Gasteiger partial charge is 0.326 e. The number of aliphatic hydroxyl groups excluding tert-OH is 1. The number of aliphatic carboxylic acids is 1. The van der Waals surface area contributed by atoms with E-state index in [0.29, 0.717) is 25.9 Å². The molecule has 1 fully saturated rings. The highest BCUT2D eigenvalue weighted by molar-refractivity contribution is 5.88. The highest BCUT2D eigenvalue weighted by atomic mass is 16.4. The van der Waals surface area contributed by atoms with Gasteiger partial charge in [-0.1, -0.05) is 24.3 Å². The number of hydrogen-bond acceptors (Lipinski definition) is 4. The molecule has 0 saturated carbocycles. The van der Waals surface area contributed by atoms with Gasteiger partial charge in [-0.05, 0) is 17.5 Å². The standard InChI is InChI=1S/C15H18N2O4/c18-11-6-12(16-7-11)14(19)17-8-10-4-2-1-3-9(10)5-13(17)15(20)21/h1-4,11-13,16,18H,5-8H2,(H,20,21)/t11?,12?,13-/m0/s1. The number of carbonyl (C=O) groups is 2. The molecule has 1 saturated heterocycles. The first-order valence-electron chi connectivity index (χ1n) is 7.08. The average molecular weight is 290 g/mol. The molecule has 0 spiro atoms. The molecule has 2 unspecified atom stereocenters. The summed E-state index contributed by atoms with van der Waals surface area (Å²) in [5.41, 5.74) is 1.97. The van der Waals surface area contributed by atoms with E-state index in [4.69, 9.17) is 0 Å². The minimum Gasteiger partial charge on any atom is -0.480 e. The number of rotatable bonds is 2. The van der Waals surface area contributed by atoms with Gasteiger partial charge >= 0.3 is 5.97 Å². The normalized spacial score (nSPS) is 28.2. The fraction of sp³-hybridized carbons (Fsp3) is 0.467. The predicted octanol–water partition coefficient (Wildman–Crippen LogP) is -0.253. The zero-order chi connectivity index (χ0) is 15.0. The number of aliphatic hydroxyl groups is 1. The quantitative estimate of drug-likeness (QED) is 0.699. The van der Waals surface area contributed by atoms with Gasteiger partial charge in [0, 0.05) is 19.5 Å². The lowest BCUT2D eigenvalue weighted by molar-refractivity contribution is -0.152. The lowest BCUT2D eigenvalue weighted by Crippen LogP contribution is -2.53. The largest absolute Gasteiger partial charge is 0.480 e. The lowest BCUT2D eigenvalue weighted by atomic mass is 9.93. The van der Waals surface area contributed by atoms with Crippen LogP contribution in [0.15, 0.2) is 24.3 Å². The Hall–Kier alpha value is -1.92. The van der Waals surface area contributed by atoms with Crippen molar-refractivity contribution in [3.8, 4) is 0 Å². The number of carbonyl (C=O) groups excluding carboxylic acids is 1. The molecule has 0 aliphatic carbocycles. The van der Waals surface area contributed by atoms with Crippen LogP contribution in [0.4, 0.5) is 0 Å². The highest BCUT2D eigenvalue weighted by Gasteiger charge is 2.39. The Morgan fingerprint density at radius 2 is 1.95 bits per heavy atom. The second kappa shape index (κ2) is 5.46. The monoisotopic (exact) mass is 290 g/mol. The summed E-state index contributed by atoms with van der Waals surface area (Å²) >= 11 is 0. The Kier molecular flexibility index (Phi) is 3.65. The van der Waals surface area contributed by atoms with E-state index < -0.39 is 24.2 Å². The maximum absolute atomic E-state index is 12.6. The van der Waals surface area contributed by atoms with Crippen LogP contribution in [0.2, 0.25) is 0 Å². The number of benzene rings is 1. The van der Waals surface area contributed by atoms with E-state index in [1.54, 1.807) is 0 Å². The lowest BCUT2D eigenvalue weighted by Gasteiger charge is -2.36. The zero-order valence-corrected chi connectivity index (χ0v) is 11.5. The van der Waals surface area contributed by atoms with Crippen LogP contribution in [0.5, 0.6) is 0 Å². The van der Waals surface area contributed by atoms with Crippen LogP contribution in [0.3, 0.4) is 0 Å².